The van der Waals surface area contributed by atoms with E-state index in [1.807, 2.05) is 24.3 Å². The van der Waals surface area contributed by atoms with Crippen molar-refractivity contribution in [1.29, 1.82) is 0 Å². The Morgan fingerprint density at radius 2 is 2.12 bits per heavy atom. The van der Waals surface area contributed by atoms with Crippen molar-refractivity contribution in [3.8, 4) is 0 Å². The topological polar surface area (TPSA) is 35.5 Å². The summed E-state index contributed by atoms with van der Waals surface area (Å²) < 4.78 is 10.2. The van der Waals surface area contributed by atoms with E-state index in [4.69, 9.17) is 21.1 Å². The van der Waals surface area contributed by atoms with E-state index in [1.54, 1.807) is 13.8 Å². The lowest BCUT2D eigenvalue weighted by molar-refractivity contribution is -0.154. The van der Waals surface area contributed by atoms with Crippen LogP contribution in [0.1, 0.15) is 19.4 Å². The van der Waals surface area contributed by atoms with Gasteiger partial charge < -0.3 is 9.47 Å². The van der Waals surface area contributed by atoms with Gasteiger partial charge in [0.2, 0.25) is 0 Å². The van der Waals surface area contributed by atoms with Crippen LogP contribution in [0, 0.1) is 5.41 Å². The molecule has 0 atom stereocenters. The molecule has 0 fully saturated rings. The number of ether oxygens (including phenoxy) is 2. The number of esters is 1. The highest BCUT2D eigenvalue weighted by Crippen LogP contribution is 2.19. The second kappa shape index (κ2) is 6.03. The molecule has 0 amide bonds. The first-order valence-electron chi connectivity index (χ1n) is 5.36. The summed E-state index contributed by atoms with van der Waals surface area (Å²) in [6.45, 7) is 4.32. The predicted molar refractivity (Wildman–Crippen MR) is 66.9 cm³/mol. The lowest BCUT2D eigenvalue weighted by atomic mass is 9.95. The third-order valence-corrected chi connectivity index (χ3v) is 2.59. The summed E-state index contributed by atoms with van der Waals surface area (Å²) in [6, 6.07) is 7.44. The summed E-state index contributed by atoms with van der Waals surface area (Å²) >= 11 is 5.86. The Morgan fingerprint density at radius 1 is 1.41 bits per heavy atom. The predicted octanol–water partition coefficient (Wildman–Crippen LogP) is 3.06. The monoisotopic (exact) mass is 256 g/mol. The summed E-state index contributed by atoms with van der Waals surface area (Å²) in [5, 5.41) is 0.679. The third-order valence-electron chi connectivity index (χ3n) is 2.36. The summed E-state index contributed by atoms with van der Waals surface area (Å²) in [6.07, 6.45) is 0. The first-order valence-corrected chi connectivity index (χ1v) is 5.74. The van der Waals surface area contributed by atoms with Crippen molar-refractivity contribution in [3.05, 3.63) is 34.9 Å². The van der Waals surface area contributed by atoms with Gasteiger partial charge in [-0.1, -0.05) is 23.7 Å². The Kier molecular flexibility index (Phi) is 4.97. The zero-order valence-electron chi connectivity index (χ0n) is 10.3. The highest BCUT2D eigenvalue weighted by atomic mass is 35.5. The Hall–Kier alpha value is -1.06. The fourth-order valence-electron chi connectivity index (χ4n) is 1.39. The van der Waals surface area contributed by atoms with Crippen LogP contribution in [0.15, 0.2) is 24.3 Å². The molecule has 0 aliphatic carbocycles. The Balaban J connectivity index is 2.45. The highest BCUT2D eigenvalue weighted by molar-refractivity contribution is 6.30. The smallest absolute Gasteiger partial charge is 0.313 e. The van der Waals surface area contributed by atoms with Crippen LogP contribution in [0.2, 0.25) is 5.02 Å². The van der Waals surface area contributed by atoms with Gasteiger partial charge >= 0.3 is 5.97 Å². The van der Waals surface area contributed by atoms with Crippen molar-refractivity contribution < 1.29 is 14.3 Å². The molecule has 17 heavy (non-hydrogen) atoms. The van der Waals surface area contributed by atoms with Gasteiger partial charge in [-0.15, -0.1) is 0 Å². The fourth-order valence-corrected chi connectivity index (χ4v) is 1.60. The third kappa shape index (κ3) is 4.36. The van der Waals surface area contributed by atoms with Crippen molar-refractivity contribution in [2.24, 2.45) is 5.41 Å². The number of benzene rings is 1. The van der Waals surface area contributed by atoms with Crippen LogP contribution in [-0.4, -0.2) is 19.7 Å². The standard InChI is InChI=1S/C13H17ClO3/c1-13(2,12(15)16-3)9-17-8-10-5-4-6-11(14)7-10/h4-7H,8-9H2,1-3H3. The minimum atomic E-state index is -0.632. The molecule has 0 saturated heterocycles. The number of hydrogen-bond donors (Lipinski definition) is 0. The van der Waals surface area contributed by atoms with Crippen molar-refractivity contribution in [3.63, 3.8) is 0 Å². The molecule has 0 radical (unpaired) electrons. The molecule has 0 unspecified atom stereocenters. The van der Waals surface area contributed by atoms with E-state index < -0.39 is 5.41 Å². The highest BCUT2D eigenvalue weighted by Gasteiger charge is 2.28. The second-order valence-corrected chi connectivity index (χ2v) is 4.93. The fraction of sp³-hybridized carbons (Fsp3) is 0.462. The molecular weight excluding hydrogens is 240 g/mol. The summed E-state index contributed by atoms with van der Waals surface area (Å²) in [7, 11) is 1.38. The van der Waals surface area contributed by atoms with Crippen molar-refractivity contribution >= 4 is 17.6 Å². The van der Waals surface area contributed by atoms with E-state index in [2.05, 4.69) is 0 Å². The Morgan fingerprint density at radius 3 is 2.71 bits per heavy atom. The van der Waals surface area contributed by atoms with Crippen molar-refractivity contribution in [2.75, 3.05) is 13.7 Å². The summed E-state index contributed by atoms with van der Waals surface area (Å²) in [4.78, 5) is 11.4. The minimum Gasteiger partial charge on any atom is -0.469 e. The van der Waals surface area contributed by atoms with Crippen LogP contribution in [0.4, 0.5) is 0 Å². The molecule has 4 heteroatoms. The molecule has 0 bridgehead atoms. The van der Waals surface area contributed by atoms with Gasteiger partial charge in [0, 0.05) is 5.02 Å². The van der Waals surface area contributed by atoms with Crippen LogP contribution < -0.4 is 0 Å². The number of methoxy groups -OCH3 is 1. The Labute approximate surface area is 107 Å². The maximum atomic E-state index is 11.4. The van der Waals surface area contributed by atoms with E-state index in [0.29, 0.717) is 18.2 Å². The number of rotatable bonds is 5. The molecule has 0 aliphatic heterocycles. The molecule has 0 aromatic heterocycles. The summed E-state index contributed by atoms with van der Waals surface area (Å²) in [5.74, 6) is -0.274. The molecule has 1 aromatic carbocycles. The quantitative estimate of drug-likeness (QED) is 0.760. The van der Waals surface area contributed by atoms with Crippen molar-refractivity contribution in [2.45, 2.75) is 20.5 Å². The van der Waals surface area contributed by atoms with E-state index in [1.165, 1.54) is 7.11 Å². The maximum Gasteiger partial charge on any atom is 0.313 e. The van der Waals surface area contributed by atoms with Gasteiger partial charge in [-0.3, -0.25) is 4.79 Å². The minimum absolute atomic E-state index is 0.274. The first kappa shape index (κ1) is 14.0. The van der Waals surface area contributed by atoms with Gasteiger partial charge in [0.1, 0.15) is 0 Å². The van der Waals surface area contributed by atoms with E-state index in [9.17, 15) is 4.79 Å². The van der Waals surface area contributed by atoms with Crippen LogP contribution in [-0.2, 0) is 20.9 Å². The van der Waals surface area contributed by atoms with E-state index in [0.717, 1.165) is 5.56 Å². The molecule has 0 heterocycles. The summed E-state index contributed by atoms with van der Waals surface area (Å²) in [5.41, 5.74) is 0.353. The number of carbonyl (C=O) groups excluding carboxylic acids is 1. The molecule has 0 spiro atoms. The molecule has 0 saturated carbocycles. The van der Waals surface area contributed by atoms with E-state index in [-0.39, 0.29) is 5.97 Å². The normalized spacial score (nSPS) is 11.3. The number of hydrogen-bond acceptors (Lipinski definition) is 3. The molecular formula is C13H17ClO3. The average Bonchev–Trinajstić information content (AvgIpc) is 2.27. The van der Waals surface area contributed by atoms with Gasteiger partial charge in [-0.2, -0.15) is 0 Å². The van der Waals surface area contributed by atoms with Crippen LogP contribution in [0.25, 0.3) is 0 Å². The van der Waals surface area contributed by atoms with Gasteiger partial charge in [-0.05, 0) is 31.5 Å². The molecule has 3 nitrogen and oxygen atoms in total. The lowest BCUT2D eigenvalue weighted by Crippen LogP contribution is -2.30. The van der Waals surface area contributed by atoms with Gasteiger partial charge in [-0.25, -0.2) is 0 Å². The zero-order valence-corrected chi connectivity index (χ0v) is 11.1. The molecule has 1 aromatic rings. The first-order chi connectivity index (χ1) is 7.95. The van der Waals surface area contributed by atoms with Crippen LogP contribution >= 0.6 is 11.6 Å². The maximum absolute atomic E-state index is 11.4. The van der Waals surface area contributed by atoms with Gasteiger partial charge in [0.05, 0.1) is 25.7 Å². The largest absolute Gasteiger partial charge is 0.469 e. The van der Waals surface area contributed by atoms with Crippen molar-refractivity contribution in [1.82, 2.24) is 0 Å². The zero-order chi connectivity index (χ0) is 12.9. The van der Waals surface area contributed by atoms with Gasteiger partial charge in [0.25, 0.3) is 0 Å². The second-order valence-electron chi connectivity index (χ2n) is 4.50. The molecule has 1 rings (SSSR count). The molecule has 0 aliphatic rings. The Bertz CT molecular complexity index is 388. The average molecular weight is 257 g/mol. The van der Waals surface area contributed by atoms with Crippen LogP contribution in [0.5, 0.6) is 0 Å². The molecule has 0 N–H and O–H groups in total. The van der Waals surface area contributed by atoms with Gasteiger partial charge in [0.15, 0.2) is 0 Å². The number of carbonyl (C=O) groups is 1. The lowest BCUT2D eigenvalue weighted by Gasteiger charge is -2.21. The van der Waals surface area contributed by atoms with E-state index >= 15 is 0 Å². The number of halogens is 1. The molecule has 94 valence electrons. The van der Waals surface area contributed by atoms with Crippen LogP contribution in [0.3, 0.4) is 0 Å². The SMILES string of the molecule is COC(=O)C(C)(C)COCc1cccc(Cl)c1.